The number of aromatic nitrogens is 3. The van der Waals surface area contributed by atoms with Gasteiger partial charge in [-0.2, -0.15) is 14.1 Å². The van der Waals surface area contributed by atoms with Gasteiger partial charge in [0.05, 0.1) is 20.3 Å². The molecule has 0 radical (unpaired) electrons. The van der Waals surface area contributed by atoms with Crippen LogP contribution in [0.3, 0.4) is 0 Å². The Balaban J connectivity index is 1.43. The van der Waals surface area contributed by atoms with E-state index in [1.807, 2.05) is 12.1 Å². The number of amides is 1. The lowest BCUT2D eigenvalue weighted by Gasteiger charge is -2.23. The fraction of sp³-hybridized carbons (Fsp3) is 0.227. The maximum Gasteiger partial charge on any atom is 0.243 e. The molecule has 0 aliphatic carbocycles. The van der Waals surface area contributed by atoms with Gasteiger partial charge < -0.3 is 5.32 Å². The second kappa shape index (κ2) is 8.73. The number of carbonyl (C=O) groups excluding carboxylic acids is 1. The van der Waals surface area contributed by atoms with Crippen LogP contribution in [0.15, 0.2) is 53.4 Å². The fourth-order valence-corrected chi connectivity index (χ4v) is 6.86. The summed E-state index contributed by atoms with van der Waals surface area (Å²) < 4.78 is 43.1. The van der Waals surface area contributed by atoms with Crippen molar-refractivity contribution in [3.8, 4) is 5.13 Å². The van der Waals surface area contributed by atoms with Crippen molar-refractivity contribution < 1.29 is 17.6 Å². The molecular weight excluding hydrogens is 501 g/mol. The molecule has 1 amide bonds. The van der Waals surface area contributed by atoms with Crippen molar-refractivity contribution in [2.45, 2.75) is 30.7 Å². The molecule has 1 N–H and O–H groups in total. The first-order valence-electron chi connectivity index (χ1n) is 10.4. The number of fused-ring (bicyclic) bond motifs is 1. The molecule has 0 bridgehead atoms. The number of hydrogen-bond donors (Lipinski definition) is 1. The highest BCUT2D eigenvalue weighted by Crippen LogP contribution is 2.32. The summed E-state index contributed by atoms with van der Waals surface area (Å²) in [4.78, 5) is 17.7. The van der Waals surface area contributed by atoms with E-state index >= 15 is 0 Å². The number of rotatable bonds is 5. The van der Waals surface area contributed by atoms with E-state index in [-0.39, 0.29) is 11.4 Å². The number of carbonyl (C=O) groups is 1. The molecule has 0 spiro atoms. The summed E-state index contributed by atoms with van der Waals surface area (Å²) in [6, 6.07) is 10.9. The monoisotopic (exact) mass is 519 g/mol. The molecule has 1 aliphatic rings. The maximum atomic E-state index is 13.3. The van der Waals surface area contributed by atoms with Crippen molar-refractivity contribution in [1.29, 1.82) is 0 Å². The molecular formula is C22H19ClFN5O3S2. The Bertz CT molecular complexity index is 1500. The van der Waals surface area contributed by atoms with Crippen molar-refractivity contribution in [2.24, 2.45) is 0 Å². The van der Waals surface area contributed by atoms with Crippen molar-refractivity contribution >= 4 is 54.9 Å². The maximum absolute atomic E-state index is 13.3. The van der Waals surface area contributed by atoms with E-state index in [4.69, 9.17) is 11.6 Å². The van der Waals surface area contributed by atoms with E-state index in [0.29, 0.717) is 40.0 Å². The lowest BCUT2D eigenvalue weighted by Crippen LogP contribution is -2.43. The van der Waals surface area contributed by atoms with Crippen LogP contribution < -0.4 is 5.32 Å². The van der Waals surface area contributed by atoms with Gasteiger partial charge in [0.25, 0.3) is 0 Å². The van der Waals surface area contributed by atoms with Crippen LogP contribution in [0, 0.1) is 12.7 Å². The zero-order valence-corrected chi connectivity index (χ0v) is 20.3. The molecule has 1 fully saturated rings. The number of sulfonamides is 1. The SMILES string of the molecule is Cc1cc(NC(=O)C2CCCN2S(=O)(=O)c2ccc(F)cc2)n(-c2nc3c(Cl)cccc3s2)n1. The molecule has 176 valence electrons. The number of hydrogen-bond acceptors (Lipinski definition) is 6. The summed E-state index contributed by atoms with van der Waals surface area (Å²) >= 11 is 7.62. The van der Waals surface area contributed by atoms with E-state index < -0.39 is 27.8 Å². The zero-order chi connectivity index (χ0) is 24.0. The Kier molecular flexibility index (Phi) is 5.88. The molecule has 2 aromatic carbocycles. The summed E-state index contributed by atoms with van der Waals surface area (Å²) in [6.07, 6.45) is 0.906. The third-order valence-electron chi connectivity index (χ3n) is 5.55. The minimum atomic E-state index is -3.96. The average molecular weight is 520 g/mol. The van der Waals surface area contributed by atoms with Crippen molar-refractivity contribution in [3.05, 3.63) is 65.1 Å². The summed E-state index contributed by atoms with van der Waals surface area (Å²) in [7, 11) is -3.96. The van der Waals surface area contributed by atoms with Crippen LogP contribution >= 0.6 is 22.9 Å². The van der Waals surface area contributed by atoms with Crippen LogP contribution in [0.5, 0.6) is 0 Å². The van der Waals surface area contributed by atoms with Crippen LogP contribution in [-0.2, 0) is 14.8 Å². The number of anilines is 1. The van der Waals surface area contributed by atoms with Gasteiger partial charge >= 0.3 is 0 Å². The van der Waals surface area contributed by atoms with Gasteiger partial charge in [-0.05, 0) is 56.2 Å². The molecule has 0 saturated carbocycles. The topological polar surface area (TPSA) is 97.2 Å². The molecule has 3 heterocycles. The molecule has 1 saturated heterocycles. The lowest BCUT2D eigenvalue weighted by atomic mass is 10.2. The molecule has 1 atom stereocenters. The van der Waals surface area contributed by atoms with Crippen molar-refractivity contribution in [2.75, 3.05) is 11.9 Å². The highest BCUT2D eigenvalue weighted by molar-refractivity contribution is 7.89. The van der Waals surface area contributed by atoms with Gasteiger partial charge in [0, 0.05) is 12.6 Å². The van der Waals surface area contributed by atoms with E-state index in [9.17, 15) is 17.6 Å². The first-order chi connectivity index (χ1) is 16.2. The van der Waals surface area contributed by atoms with Gasteiger partial charge in [-0.15, -0.1) is 0 Å². The second-order valence-electron chi connectivity index (χ2n) is 7.88. The van der Waals surface area contributed by atoms with Crippen molar-refractivity contribution in [3.63, 3.8) is 0 Å². The van der Waals surface area contributed by atoms with Crippen LogP contribution in [0.2, 0.25) is 5.02 Å². The quantitative estimate of drug-likeness (QED) is 0.422. The van der Waals surface area contributed by atoms with Crippen LogP contribution in [-0.4, -0.2) is 46.0 Å². The highest BCUT2D eigenvalue weighted by atomic mass is 35.5. The third-order valence-corrected chi connectivity index (χ3v) is 8.77. The Hall–Kier alpha value is -2.86. The fourth-order valence-electron chi connectivity index (χ4n) is 3.97. The molecule has 4 aromatic rings. The summed E-state index contributed by atoms with van der Waals surface area (Å²) in [6.45, 7) is 1.99. The van der Waals surface area contributed by atoms with Gasteiger partial charge in [-0.25, -0.2) is 17.8 Å². The first-order valence-corrected chi connectivity index (χ1v) is 13.1. The normalized spacial score (nSPS) is 16.9. The zero-order valence-electron chi connectivity index (χ0n) is 17.9. The van der Waals surface area contributed by atoms with Crippen LogP contribution in [0.1, 0.15) is 18.5 Å². The molecule has 12 heteroatoms. The van der Waals surface area contributed by atoms with Crippen molar-refractivity contribution in [1.82, 2.24) is 19.1 Å². The molecule has 2 aromatic heterocycles. The molecule has 8 nitrogen and oxygen atoms in total. The van der Waals surface area contributed by atoms with Gasteiger partial charge in [0.2, 0.25) is 21.1 Å². The number of halogens is 2. The number of nitrogens with one attached hydrogen (secondary N) is 1. The van der Waals surface area contributed by atoms with Gasteiger partial charge in [0.15, 0.2) is 0 Å². The van der Waals surface area contributed by atoms with E-state index in [1.54, 1.807) is 19.1 Å². The molecule has 1 unspecified atom stereocenters. The predicted molar refractivity (Wildman–Crippen MR) is 128 cm³/mol. The Labute approximate surface area is 204 Å². The largest absolute Gasteiger partial charge is 0.309 e. The first kappa shape index (κ1) is 22.9. The number of nitrogens with zero attached hydrogens (tertiary/aromatic N) is 4. The van der Waals surface area contributed by atoms with Gasteiger partial charge in [-0.1, -0.05) is 29.0 Å². The summed E-state index contributed by atoms with van der Waals surface area (Å²) in [5.41, 5.74) is 1.30. The number of aryl methyl sites for hydroxylation is 1. The summed E-state index contributed by atoms with van der Waals surface area (Å²) in [5, 5.41) is 8.31. The summed E-state index contributed by atoms with van der Waals surface area (Å²) in [5.74, 6) is -0.623. The molecule has 5 rings (SSSR count). The second-order valence-corrected chi connectivity index (χ2v) is 11.2. The Morgan fingerprint density at radius 3 is 2.74 bits per heavy atom. The molecule has 34 heavy (non-hydrogen) atoms. The van der Waals surface area contributed by atoms with Crippen LogP contribution in [0.4, 0.5) is 10.2 Å². The van der Waals surface area contributed by atoms with E-state index in [2.05, 4.69) is 15.4 Å². The minimum Gasteiger partial charge on any atom is -0.309 e. The number of para-hydroxylation sites is 1. The Morgan fingerprint density at radius 2 is 2.00 bits per heavy atom. The van der Waals surface area contributed by atoms with Gasteiger partial charge in [0.1, 0.15) is 23.2 Å². The molecule has 1 aliphatic heterocycles. The van der Waals surface area contributed by atoms with E-state index in [1.165, 1.54) is 32.5 Å². The smallest absolute Gasteiger partial charge is 0.243 e. The number of thiazole rings is 1. The number of benzene rings is 2. The average Bonchev–Trinajstić information content (AvgIpc) is 3.52. The minimum absolute atomic E-state index is 0.0548. The highest BCUT2D eigenvalue weighted by Gasteiger charge is 2.39. The third kappa shape index (κ3) is 4.09. The predicted octanol–water partition coefficient (Wildman–Crippen LogP) is 4.37. The lowest BCUT2D eigenvalue weighted by molar-refractivity contribution is -0.119. The standard InChI is InChI=1S/C22H19ClFN5O3S2/c1-13-12-19(29(27-13)22-26-20-16(23)4-2-6-18(20)33-22)25-21(30)17-5-3-11-28(17)34(31,32)15-9-7-14(24)8-10-15/h2,4,6-10,12,17H,3,5,11H2,1H3,(H,25,30). The Morgan fingerprint density at radius 1 is 1.24 bits per heavy atom. The van der Waals surface area contributed by atoms with Gasteiger partial charge in [-0.3, -0.25) is 4.79 Å². The van der Waals surface area contributed by atoms with E-state index in [0.717, 1.165) is 16.8 Å². The van der Waals surface area contributed by atoms with Crippen LogP contribution in [0.25, 0.3) is 15.3 Å².